The largest absolute Gasteiger partial charge is 0.352 e. The van der Waals surface area contributed by atoms with Gasteiger partial charge in [-0.25, -0.2) is 0 Å². The third-order valence-corrected chi connectivity index (χ3v) is 4.86. The summed E-state index contributed by atoms with van der Waals surface area (Å²) in [6.45, 7) is 2.20. The third kappa shape index (κ3) is 4.61. The minimum absolute atomic E-state index is 0.0470. The lowest BCUT2D eigenvalue weighted by atomic mass is 10.1. The van der Waals surface area contributed by atoms with Crippen LogP contribution in [0.15, 0.2) is 70.1 Å². The van der Waals surface area contributed by atoms with Crippen LogP contribution in [0, 0.1) is 0 Å². The summed E-state index contributed by atoms with van der Waals surface area (Å²) in [5.74, 6) is -0.0570. The first-order valence-corrected chi connectivity index (χ1v) is 9.44. The van der Waals surface area contributed by atoms with E-state index in [9.17, 15) is 9.59 Å². The Morgan fingerprint density at radius 3 is 2.69 bits per heavy atom. The lowest BCUT2D eigenvalue weighted by Crippen LogP contribution is -2.35. The monoisotopic (exact) mass is 412 g/mol. The number of pyridine rings is 1. The van der Waals surface area contributed by atoms with Gasteiger partial charge in [-0.05, 0) is 43.5 Å². The van der Waals surface area contributed by atoms with E-state index < -0.39 is 0 Å². The van der Waals surface area contributed by atoms with E-state index in [1.165, 1.54) is 11.6 Å². The molecule has 1 amide bonds. The fourth-order valence-corrected chi connectivity index (χ4v) is 3.36. The van der Waals surface area contributed by atoms with Crippen molar-refractivity contribution in [1.82, 2.24) is 9.88 Å². The fourth-order valence-electron chi connectivity index (χ4n) is 3.00. The molecule has 134 valence electrons. The minimum atomic E-state index is -0.0570. The van der Waals surface area contributed by atoms with E-state index in [0.29, 0.717) is 5.39 Å². The molecular weight excluding hydrogens is 392 g/mol. The van der Waals surface area contributed by atoms with Crippen molar-refractivity contribution in [2.24, 2.45) is 0 Å². The fraction of sp³-hybridized carbons (Fsp3) is 0.238. The first-order valence-electron chi connectivity index (χ1n) is 8.65. The van der Waals surface area contributed by atoms with E-state index in [2.05, 4.69) is 33.4 Å². The molecule has 2 aromatic carbocycles. The van der Waals surface area contributed by atoms with E-state index in [1.807, 2.05) is 41.8 Å². The van der Waals surface area contributed by atoms with Crippen LogP contribution in [-0.4, -0.2) is 16.5 Å². The smallest absolute Gasteiger partial charge is 0.240 e. The number of fused-ring (bicyclic) bond motifs is 1. The molecule has 5 heteroatoms. The van der Waals surface area contributed by atoms with Gasteiger partial charge in [0, 0.05) is 28.2 Å². The number of hydrogen-bond acceptors (Lipinski definition) is 2. The zero-order valence-corrected chi connectivity index (χ0v) is 16.2. The van der Waals surface area contributed by atoms with Crippen molar-refractivity contribution in [1.29, 1.82) is 0 Å². The molecule has 0 aliphatic rings. The standard InChI is InChI=1S/C21H21BrN2O2/c1-15(7-8-16-5-3-2-4-6-16)23-21(26)14-24-12-11-20(25)18-13-17(22)9-10-19(18)24/h2-6,9-13,15H,7-8,14H2,1H3,(H,23,26)/t15-/m0/s1. The maximum Gasteiger partial charge on any atom is 0.240 e. The first kappa shape index (κ1) is 18.4. The second kappa shape index (κ2) is 8.32. The number of hydrogen-bond donors (Lipinski definition) is 1. The van der Waals surface area contributed by atoms with Gasteiger partial charge in [-0.2, -0.15) is 0 Å². The summed E-state index contributed by atoms with van der Waals surface area (Å²) in [4.78, 5) is 24.4. The van der Waals surface area contributed by atoms with Gasteiger partial charge < -0.3 is 9.88 Å². The van der Waals surface area contributed by atoms with Gasteiger partial charge in [0.1, 0.15) is 6.54 Å². The molecule has 0 unspecified atom stereocenters. The normalized spacial score (nSPS) is 12.1. The van der Waals surface area contributed by atoms with Gasteiger partial charge in [-0.3, -0.25) is 9.59 Å². The number of nitrogens with zero attached hydrogens (tertiary/aromatic N) is 1. The second-order valence-corrected chi connectivity index (χ2v) is 7.38. The zero-order chi connectivity index (χ0) is 18.5. The molecule has 1 aromatic heterocycles. The molecule has 0 aliphatic carbocycles. The highest BCUT2D eigenvalue weighted by Crippen LogP contribution is 2.17. The van der Waals surface area contributed by atoms with Gasteiger partial charge in [0.2, 0.25) is 5.91 Å². The molecule has 4 nitrogen and oxygen atoms in total. The van der Waals surface area contributed by atoms with Crippen LogP contribution in [0.2, 0.25) is 0 Å². The Labute approximate surface area is 161 Å². The van der Waals surface area contributed by atoms with Gasteiger partial charge in [0.25, 0.3) is 0 Å². The predicted molar refractivity (Wildman–Crippen MR) is 108 cm³/mol. The highest BCUT2D eigenvalue weighted by molar-refractivity contribution is 9.10. The average molecular weight is 413 g/mol. The summed E-state index contributed by atoms with van der Waals surface area (Å²) in [7, 11) is 0. The van der Waals surface area contributed by atoms with Crippen LogP contribution in [0.4, 0.5) is 0 Å². The summed E-state index contributed by atoms with van der Waals surface area (Å²) in [5, 5.41) is 3.65. The van der Waals surface area contributed by atoms with Crippen LogP contribution in [0.5, 0.6) is 0 Å². The number of amides is 1. The van der Waals surface area contributed by atoms with Gasteiger partial charge in [0.15, 0.2) is 5.43 Å². The number of aryl methyl sites for hydroxylation is 1. The SMILES string of the molecule is C[C@@H](CCc1ccccc1)NC(=O)Cn1ccc(=O)c2cc(Br)ccc21. The number of carbonyl (C=O) groups excluding carboxylic acids is 1. The highest BCUT2D eigenvalue weighted by Gasteiger charge is 2.10. The number of nitrogens with one attached hydrogen (secondary N) is 1. The molecule has 1 atom stereocenters. The van der Waals surface area contributed by atoms with Crippen molar-refractivity contribution < 1.29 is 4.79 Å². The molecule has 0 spiro atoms. The summed E-state index contributed by atoms with van der Waals surface area (Å²) in [5.41, 5.74) is 1.98. The third-order valence-electron chi connectivity index (χ3n) is 4.37. The Hall–Kier alpha value is -2.40. The van der Waals surface area contributed by atoms with Crippen LogP contribution in [0.3, 0.4) is 0 Å². The van der Waals surface area contributed by atoms with Crippen LogP contribution in [0.25, 0.3) is 10.9 Å². The predicted octanol–water partition coefficient (Wildman–Crippen LogP) is 3.90. The van der Waals surface area contributed by atoms with Crippen molar-refractivity contribution in [3.63, 3.8) is 0 Å². The van der Waals surface area contributed by atoms with Crippen LogP contribution in [-0.2, 0) is 17.8 Å². The number of carbonyl (C=O) groups is 1. The summed E-state index contributed by atoms with van der Waals surface area (Å²) in [6.07, 6.45) is 3.48. The van der Waals surface area contributed by atoms with E-state index in [0.717, 1.165) is 22.8 Å². The Kier molecular flexibility index (Phi) is 5.89. The molecule has 3 rings (SSSR count). The maximum atomic E-state index is 12.4. The molecule has 1 heterocycles. The Morgan fingerprint density at radius 1 is 1.15 bits per heavy atom. The van der Waals surface area contributed by atoms with Crippen LogP contribution < -0.4 is 10.7 Å². The number of aromatic nitrogens is 1. The molecule has 26 heavy (non-hydrogen) atoms. The molecule has 3 aromatic rings. The molecular formula is C21H21BrN2O2. The van der Waals surface area contributed by atoms with Gasteiger partial charge >= 0.3 is 0 Å². The quantitative estimate of drug-likeness (QED) is 0.667. The molecule has 0 bridgehead atoms. The minimum Gasteiger partial charge on any atom is -0.352 e. The van der Waals surface area contributed by atoms with Gasteiger partial charge in [-0.15, -0.1) is 0 Å². The van der Waals surface area contributed by atoms with E-state index in [4.69, 9.17) is 0 Å². The number of halogens is 1. The molecule has 1 N–H and O–H groups in total. The van der Waals surface area contributed by atoms with E-state index >= 15 is 0 Å². The first-order chi connectivity index (χ1) is 12.5. The van der Waals surface area contributed by atoms with Crippen molar-refractivity contribution >= 4 is 32.7 Å². The van der Waals surface area contributed by atoms with E-state index in [-0.39, 0.29) is 23.9 Å². The second-order valence-electron chi connectivity index (χ2n) is 6.46. The van der Waals surface area contributed by atoms with Gasteiger partial charge in [0.05, 0.1) is 5.52 Å². The van der Waals surface area contributed by atoms with Crippen molar-refractivity contribution in [3.8, 4) is 0 Å². The molecule has 0 saturated heterocycles. The summed E-state index contributed by atoms with van der Waals surface area (Å²) in [6, 6.07) is 17.3. The molecule has 0 fully saturated rings. The highest BCUT2D eigenvalue weighted by atomic mass is 79.9. The lowest BCUT2D eigenvalue weighted by Gasteiger charge is -2.16. The van der Waals surface area contributed by atoms with Gasteiger partial charge in [-0.1, -0.05) is 46.3 Å². The van der Waals surface area contributed by atoms with Crippen molar-refractivity contribution in [2.75, 3.05) is 0 Å². The molecule has 0 radical (unpaired) electrons. The Morgan fingerprint density at radius 2 is 1.92 bits per heavy atom. The zero-order valence-electron chi connectivity index (χ0n) is 14.6. The molecule has 0 aliphatic heterocycles. The number of rotatable bonds is 6. The summed E-state index contributed by atoms with van der Waals surface area (Å²) < 4.78 is 2.65. The van der Waals surface area contributed by atoms with Crippen molar-refractivity contribution in [3.05, 3.63) is 81.1 Å². The van der Waals surface area contributed by atoms with Crippen molar-refractivity contribution in [2.45, 2.75) is 32.4 Å². The number of benzene rings is 2. The maximum absolute atomic E-state index is 12.4. The summed E-state index contributed by atoms with van der Waals surface area (Å²) >= 11 is 3.38. The Bertz CT molecular complexity index is 967. The average Bonchev–Trinajstić information content (AvgIpc) is 2.63. The van der Waals surface area contributed by atoms with Crippen LogP contribution in [0.1, 0.15) is 18.9 Å². The Balaban J connectivity index is 1.64. The lowest BCUT2D eigenvalue weighted by molar-refractivity contribution is -0.122. The van der Waals surface area contributed by atoms with Crippen LogP contribution >= 0.6 is 15.9 Å². The topological polar surface area (TPSA) is 51.1 Å². The molecule has 0 saturated carbocycles. The van der Waals surface area contributed by atoms with E-state index in [1.54, 1.807) is 12.3 Å².